The summed E-state index contributed by atoms with van der Waals surface area (Å²) < 4.78 is 13.5. The molecule has 156 valence electrons. The molecule has 9 heteroatoms. The molecule has 0 atom stereocenters. The van der Waals surface area contributed by atoms with Gasteiger partial charge in [-0.25, -0.2) is 14.2 Å². The van der Waals surface area contributed by atoms with Crippen LogP contribution in [0, 0.1) is 12.7 Å². The Kier molecular flexibility index (Phi) is 5.59. The van der Waals surface area contributed by atoms with Crippen LogP contribution in [0.25, 0.3) is 11.0 Å². The van der Waals surface area contributed by atoms with Crippen LogP contribution in [0.15, 0.2) is 36.4 Å². The van der Waals surface area contributed by atoms with Gasteiger partial charge >= 0.3 is 6.03 Å². The number of urea groups is 1. The van der Waals surface area contributed by atoms with Crippen molar-refractivity contribution >= 4 is 34.6 Å². The van der Waals surface area contributed by atoms with Gasteiger partial charge in [-0.05, 0) is 25.1 Å². The zero-order valence-electron chi connectivity index (χ0n) is 16.4. The molecule has 1 saturated heterocycles. The third-order valence-electron chi connectivity index (χ3n) is 5.13. The monoisotopic (exact) mass is 429 g/mol. The average molecular weight is 430 g/mol. The molecule has 2 N–H and O–H groups in total. The van der Waals surface area contributed by atoms with Crippen LogP contribution in [0.3, 0.4) is 0 Å². The van der Waals surface area contributed by atoms with E-state index in [1.807, 2.05) is 31.2 Å². The minimum atomic E-state index is -0.526. The normalized spacial score (nSPS) is 14.2. The molecule has 7 nitrogen and oxygen atoms in total. The number of aryl methyl sites for hydroxylation is 1. The third-order valence-corrected chi connectivity index (χ3v) is 5.42. The van der Waals surface area contributed by atoms with Gasteiger partial charge in [-0.15, -0.1) is 0 Å². The maximum atomic E-state index is 13.5. The Labute approximate surface area is 177 Å². The number of piperazine rings is 1. The van der Waals surface area contributed by atoms with Crippen molar-refractivity contribution in [3.05, 3.63) is 64.2 Å². The standard InChI is InChI=1S/C21H21ClFN5O2/c1-13-2-4-14(5-3-13)20(29)27-6-8-28(9-7-27)21(30)24-12-19-25-17-10-15(22)16(23)11-18(17)26-19/h2-5,10-11H,6-9,12H2,1H3,(H,24,30)(H,25,26). The van der Waals surface area contributed by atoms with Gasteiger partial charge in [-0.2, -0.15) is 0 Å². The number of fused-ring (bicyclic) bond motifs is 1. The van der Waals surface area contributed by atoms with Crippen LogP contribution in [-0.4, -0.2) is 57.9 Å². The van der Waals surface area contributed by atoms with E-state index >= 15 is 0 Å². The number of carbonyl (C=O) groups is 2. The fourth-order valence-electron chi connectivity index (χ4n) is 3.40. The summed E-state index contributed by atoms with van der Waals surface area (Å²) in [5.74, 6) is -0.0436. The first-order chi connectivity index (χ1) is 14.4. The van der Waals surface area contributed by atoms with E-state index in [0.29, 0.717) is 48.6 Å². The molecular weight excluding hydrogens is 409 g/mol. The number of hydrogen-bond acceptors (Lipinski definition) is 3. The number of amides is 3. The van der Waals surface area contributed by atoms with Gasteiger partial charge in [-0.3, -0.25) is 4.79 Å². The number of carbonyl (C=O) groups excluding carboxylic acids is 2. The summed E-state index contributed by atoms with van der Waals surface area (Å²) in [6, 6.07) is 9.96. The van der Waals surface area contributed by atoms with Gasteiger partial charge in [-0.1, -0.05) is 29.3 Å². The molecule has 1 aliphatic rings. The van der Waals surface area contributed by atoms with Gasteiger partial charge in [0.15, 0.2) is 0 Å². The van der Waals surface area contributed by atoms with Crippen LogP contribution < -0.4 is 5.32 Å². The van der Waals surface area contributed by atoms with Gasteiger partial charge in [0.05, 0.1) is 22.6 Å². The number of nitrogens with one attached hydrogen (secondary N) is 2. The summed E-state index contributed by atoms with van der Waals surface area (Å²) in [6.45, 7) is 4.00. The highest BCUT2D eigenvalue weighted by molar-refractivity contribution is 6.31. The van der Waals surface area contributed by atoms with E-state index in [2.05, 4.69) is 15.3 Å². The summed E-state index contributed by atoms with van der Waals surface area (Å²) in [4.78, 5) is 35.8. The van der Waals surface area contributed by atoms with Gasteiger partial charge < -0.3 is 20.1 Å². The maximum Gasteiger partial charge on any atom is 0.317 e. The minimum Gasteiger partial charge on any atom is -0.340 e. The molecule has 0 saturated carbocycles. The molecule has 0 aliphatic carbocycles. The lowest BCUT2D eigenvalue weighted by Gasteiger charge is -2.34. The number of benzene rings is 2. The first-order valence-corrected chi connectivity index (χ1v) is 10.0. The molecule has 1 aliphatic heterocycles. The second-order valence-electron chi connectivity index (χ2n) is 7.27. The second kappa shape index (κ2) is 8.31. The average Bonchev–Trinajstić information content (AvgIpc) is 3.14. The number of rotatable bonds is 3. The number of aromatic amines is 1. The zero-order valence-corrected chi connectivity index (χ0v) is 17.2. The van der Waals surface area contributed by atoms with Crippen molar-refractivity contribution in [3.63, 3.8) is 0 Å². The maximum absolute atomic E-state index is 13.5. The molecule has 0 unspecified atom stereocenters. The first kappa shape index (κ1) is 20.2. The number of H-pyrrole nitrogens is 1. The SMILES string of the molecule is Cc1ccc(C(=O)N2CCN(C(=O)NCc3nc4cc(Cl)c(F)cc4[nH]3)CC2)cc1. The van der Waals surface area contributed by atoms with E-state index in [9.17, 15) is 14.0 Å². The number of hydrogen-bond donors (Lipinski definition) is 2. The van der Waals surface area contributed by atoms with Gasteiger partial charge in [0, 0.05) is 37.8 Å². The Morgan fingerprint density at radius 2 is 1.80 bits per heavy atom. The van der Waals surface area contributed by atoms with Crippen LogP contribution in [0.2, 0.25) is 5.02 Å². The van der Waals surface area contributed by atoms with E-state index in [1.165, 1.54) is 12.1 Å². The summed E-state index contributed by atoms with van der Waals surface area (Å²) in [5.41, 5.74) is 2.81. The Morgan fingerprint density at radius 1 is 1.13 bits per heavy atom. The van der Waals surface area contributed by atoms with Crippen LogP contribution in [-0.2, 0) is 6.54 Å². The lowest BCUT2D eigenvalue weighted by Crippen LogP contribution is -2.53. The molecule has 30 heavy (non-hydrogen) atoms. The quantitative estimate of drug-likeness (QED) is 0.670. The molecule has 2 heterocycles. The second-order valence-corrected chi connectivity index (χ2v) is 7.68. The van der Waals surface area contributed by atoms with Crippen molar-refractivity contribution in [3.8, 4) is 0 Å². The van der Waals surface area contributed by atoms with E-state index in [4.69, 9.17) is 11.6 Å². The molecule has 0 bridgehead atoms. The highest BCUT2D eigenvalue weighted by atomic mass is 35.5. The van der Waals surface area contributed by atoms with Crippen molar-refractivity contribution in [1.29, 1.82) is 0 Å². The molecule has 3 aromatic rings. The molecule has 1 fully saturated rings. The molecule has 1 aromatic heterocycles. The summed E-state index contributed by atoms with van der Waals surface area (Å²) in [5, 5.41) is 2.81. The fraction of sp³-hybridized carbons (Fsp3) is 0.286. The van der Waals surface area contributed by atoms with E-state index in [-0.39, 0.29) is 23.5 Å². The Hall–Kier alpha value is -3.13. The van der Waals surface area contributed by atoms with Crippen LogP contribution in [0.4, 0.5) is 9.18 Å². The predicted octanol–water partition coefficient (Wildman–Crippen LogP) is 3.33. The van der Waals surface area contributed by atoms with E-state index in [0.717, 1.165) is 5.56 Å². The zero-order chi connectivity index (χ0) is 21.3. The smallest absolute Gasteiger partial charge is 0.317 e. The number of halogens is 2. The molecule has 3 amide bonds. The van der Waals surface area contributed by atoms with Gasteiger partial charge in [0.1, 0.15) is 11.6 Å². The molecule has 2 aromatic carbocycles. The predicted molar refractivity (Wildman–Crippen MR) is 112 cm³/mol. The van der Waals surface area contributed by atoms with Crippen molar-refractivity contribution in [1.82, 2.24) is 25.1 Å². The van der Waals surface area contributed by atoms with E-state index < -0.39 is 5.82 Å². The highest BCUT2D eigenvalue weighted by Gasteiger charge is 2.24. The van der Waals surface area contributed by atoms with Gasteiger partial charge in [0.25, 0.3) is 5.91 Å². The van der Waals surface area contributed by atoms with Crippen molar-refractivity contribution < 1.29 is 14.0 Å². The summed E-state index contributed by atoms with van der Waals surface area (Å²) in [6.07, 6.45) is 0. The molecule has 0 radical (unpaired) electrons. The van der Waals surface area contributed by atoms with Crippen LogP contribution >= 0.6 is 11.6 Å². The molecular formula is C21H21ClFN5O2. The van der Waals surface area contributed by atoms with Crippen molar-refractivity contribution in [2.45, 2.75) is 13.5 Å². The number of aromatic nitrogens is 2. The number of nitrogens with zero attached hydrogens (tertiary/aromatic N) is 3. The summed E-state index contributed by atoms with van der Waals surface area (Å²) >= 11 is 5.77. The van der Waals surface area contributed by atoms with Crippen LogP contribution in [0.5, 0.6) is 0 Å². The van der Waals surface area contributed by atoms with Crippen molar-refractivity contribution in [2.24, 2.45) is 0 Å². The lowest BCUT2D eigenvalue weighted by atomic mass is 10.1. The number of imidazole rings is 1. The Morgan fingerprint density at radius 3 is 2.50 bits per heavy atom. The largest absolute Gasteiger partial charge is 0.340 e. The third kappa shape index (κ3) is 4.23. The van der Waals surface area contributed by atoms with Crippen molar-refractivity contribution in [2.75, 3.05) is 26.2 Å². The topological polar surface area (TPSA) is 81.3 Å². The molecule has 0 spiro atoms. The fourth-order valence-corrected chi connectivity index (χ4v) is 3.56. The van der Waals surface area contributed by atoms with Gasteiger partial charge in [0.2, 0.25) is 0 Å². The summed E-state index contributed by atoms with van der Waals surface area (Å²) in [7, 11) is 0. The minimum absolute atomic E-state index is 0.00245. The first-order valence-electron chi connectivity index (χ1n) is 9.63. The van der Waals surface area contributed by atoms with Crippen LogP contribution in [0.1, 0.15) is 21.7 Å². The highest BCUT2D eigenvalue weighted by Crippen LogP contribution is 2.21. The molecule has 4 rings (SSSR count). The Balaban J connectivity index is 1.30. The Bertz CT molecular complexity index is 1050. The van der Waals surface area contributed by atoms with E-state index in [1.54, 1.807) is 9.80 Å². The lowest BCUT2D eigenvalue weighted by molar-refractivity contribution is 0.0665.